The van der Waals surface area contributed by atoms with Crippen LogP contribution in [0.3, 0.4) is 0 Å². The molecule has 10 heteroatoms. The molecule has 0 unspecified atom stereocenters. The SMILES string of the molecule is CC(C)c1cc(C(=O)Nc2ccc(S(=O)(=O)Nc3ncccn3)cc2)n[nH]1. The van der Waals surface area contributed by atoms with Crippen LogP contribution in [0.2, 0.25) is 0 Å². The molecule has 9 nitrogen and oxygen atoms in total. The molecule has 0 aliphatic rings. The average molecular weight is 386 g/mol. The predicted molar refractivity (Wildman–Crippen MR) is 99.9 cm³/mol. The first kappa shape index (κ1) is 18.5. The van der Waals surface area contributed by atoms with Crippen molar-refractivity contribution in [2.45, 2.75) is 24.7 Å². The maximum atomic E-state index is 12.3. The number of amides is 1. The monoisotopic (exact) mass is 386 g/mol. The minimum absolute atomic E-state index is 0.0191. The van der Waals surface area contributed by atoms with E-state index < -0.39 is 10.0 Å². The third-order valence-electron chi connectivity index (χ3n) is 3.67. The van der Waals surface area contributed by atoms with Gasteiger partial charge in [0.15, 0.2) is 5.69 Å². The highest BCUT2D eigenvalue weighted by Gasteiger charge is 2.16. The van der Waals surface area contributed by atoms with Crippen molar-refractivity contribution < 1.29 is 13.2 Å². The van der Waals surface area contributed by atoms with Crippen molar-refractivity contribution in [3.63, 3.8) is 0 Å². The van der Waals surface area contributed by atoms with Gasteiger partial charge in [0.1, 0.15) is 0 Å². The van der Waals surface area contributed by atoms with Gasteiger partial charge in [0, 0.05) is 23.8 Å². The zero-order chi connectivity index (χ0) is 19.4. The summed E-state index contributed by atoms with van der Waals surface area (Å²) in [4.78, 5) is 19.9. The lowest BCUT2D eigenvalue weighted by Gasteiger charge is -2.08. The van der Waals surface area contributed by atoms with E-state index in [-0.39, 0.29) is 28.4 Å². The van der Waals surface area contributed by atoms with Crippen LogP contribution in [-0.2, 0) is 10.0 Å². The Kier molecular flexibility index (Phi) is 5.17. The van der Waals surface area contributed by atoms with E-state index in [1.807, 2.05) is 13.8 Å². The molecule has 2 aromatic heterocycles. The second kappa shape index (κ2) is 7.54. The van der Waals surface area contributed by atoms with Crippen LogP contribution in [0.1, 0.15) is 35.9 Å². The van der Waals surface area contributed by atoms with E-state index in [1.165, 1.54) is 36.7 Å². The largest absolute Gasteiger partial charge is 0.321 e. The number of benzene rings is 1. The number of nitrogens with one attached hydrogen (secondary N) is 3. The molecule has 0 aliphatic carbocycles. The first-order valence-electron chi connectivity index (χ1n) is 8.12. The van der Waals surface area contributed by atoms with Crippen LogP contribution < -0.4 is 10.0 Å². The molecule has 140 valence electrons. The molecule has 3 aromatic rings. The third-order valence-corrected chi connectivity index (χ3v) is 5.01. The maximum Gasteiger partial charge on any atom is 0.276 e. The molecule has 3 N–H and O–H groups in total. The fourth-order valence-corrected chi connectivity index (χ4v) is 3.15. The van der Waals surface area contributed by atoms with Crippen molar-refractivity contribution in [3.05, 3.63) is 60.2 Å². The Balaban J connectivity index is 1.70. The molecule has 1 aromatic carbocycles. The van der Waals surface area contributed by atoms with E-state index in [2.05, 4.69) is 30.2 Å². The summed E-state index contributed by atoms with van der Waals surface area (Å²) in [5, 5.41) is 9.47. The Bertz CT molecular complexity index is 1030. The van der Waals surface area contributed by atoms with Crippen LogP contribution in [0.25, 0.3) is 0 Å². The highest BCUT2D eigenvalue weighted by Crippen LogP contribution is 2.17. The zero-order valence-electron chi connectivity index (χ0n) is 14.7. The van der Waals surface area contributed by atoms with Crippen LogP contribution in [0.5, 0.6) is 0 Å². The molecule has 2 heterocycles. The number of aromatic amines is 1. The predicted octanol–water partition coefficient (Wildman–Crippen LogP) is 2.38. The van der Waals surface area contributed by atoms with Gasteiger partial charge in [0.05, 0.1) is 4.90 Å². The van der Waals surface area contributed by atoms with Gasteiger partial charge in [0.2, 0.25) is 5.95 Å². The Morgan fingerprint density at radius 3 is 2.37 bits per heavy atom. The van der Waals surface area contributed by atoms with Crippen LogP contribution in [0.4, 0.5) is 11.6 Å². The Hall–Kier alpha value is -3.27. The van der Waals surface area contributed by atoms with E-state index in [4.69, 9.17) is 0 Å². The normalized spacial score (nSPS) is 11.4. The molecule has 0 bridgehead atoms. The number of H-pyrrole nitrogens is 1. The number of carbonyl (C=O) groups excluding carboxylic acids is 1. The Labute approximate surface area is 156 Å². The van der Waals surface area contributed by atoms with E-state index in [0.29, 0.717) is 5.69 Å². The van der Waals surface area contributed by atoms with Gasteiger partial charge in [0.25, 0.3) is 15.9 Å². The lowest BCUT2D eigenvalue weighted by atomic mass is 10.1. The van der Waals surface area contributed by atoms with Gasteiger partial charge in [-0.2, -0.15) is 5.10 Å². The molecule has 0 saturated heterocycles. The van der Waals surface area contributed by atoms with Crippen molar-refractivity contribution >= 4 is 27.6 Å². The van der Waals surface area contributed by atoms with E-state index in [1.54, 1.807) is 12.1 Å². The fourth-order valence-electron chi connectivity index (χ4n) is 2.19. The Morgan fingerprint density at radius 1 is 1.11 bits per heavy atom. The third kappa shape index (κ3) is 4.47. The minimum Gasteiger partial charge on any atom is -0.321 e. The van der Waals surface area contributed by atoms with Crippen molar-refractivity contribution in [1.82, 2.24) is 20.2 Å². The van der Waals surface area contributed by atoms with Crippen LogP contribution >= 0.6 is 0 Å². The van der Waals surface area contributed by atoms with Gasteiger partial charge in [-0.15, -0.1) is 0 Å². The number of rotatable bonds is 6. The van der Waals surface area contributed by atoms with Crippen molar-refractivity contribution in [1.29, 1.82) is 0 Å². The molecule has 0 radical (unpaired) electrons. The summed E-state index contributed by atoms with van der Waals surface area (Å²) in [6.07, 6.45) is 2.87. The number of sulfonamides is 1. The first-order chi connectivity index (χ1) is 12.8. The van der Waals surface area contributed by atoms with Gasteiger partial charge in [-0.3, -0.25) is 9.89 Å². The molecule has 0 aliphatic heterocycles. The van der Waals surface area contributed by atoms with Crippen LogP contribution in [0.15, 0.2) is 53.7 Å². The number of aromatic nitrogens is 4. The first-order valence-corrected chi connectivity index (χ1v) is 9.60. The molecule has 27 heavy (non-hydrogen) atoms. The number of carbonyl (C=O) groups is 1. The van der Waals surface area contributed by atoms with Gasteiger partial charge >= 0.3 is 0 Å². The molecule has 0 saturated carbocycles. The van der Waals surface area contributed by atoms with Gasteiger partial charge in [-0.25, -0.2) is 23.1 Å². The quantitative estimate of drug-likeness (QED) is 0.596. The van der Waals surface area contributed by atoms with E-state index in [0.717, 1.165) is 5.69 Å². The molecule has 0 atom stereocenters. The average Bonchev–Trinajstić information content (AvgIpc) is 3.13. The fraction of sp³-hybridized carbons (Fsp3) is 0.176. The van der Waals surface area contributed by atoms with Crippen molar-refractivity contribution in [2.75, 3.05) is 10.0 Å². The number of hydrogen-bond acceptors (Lipinski definition) is 6. The highest BCUT2D eigenvalue weighted by molar-refractivity contribution is 7.92. The lowest BCUT2D eigenvalue weighted by molar-refractivity contribution is 0.102. The summed E-state index contributed by atoms with van der Waals surface area (Å²) in [6.45, 7) is 3.98. The summed E-state index contributed by atoms with van der Waals surface area (Å²) in [7, 11) is -3.82. The van der Waals surface area contributed by atoms with Crippen LogP contribution in [-0.4, -0.2) is 34.5 Å². The van der Waals surface area contributed by atoms with Crippen molar-refractivity contribution in [3.8, 4) is 0 Å². The molecule has 0 fully saturated rings. The summed E-state index contributed by atoms with van der Waals surface area (Å²) in [6, 6.07) is 9.01. The molecule has 0 spiro atoms. The second-order valence-corrected chi connectivity index (χ2v) is 7.70. The number of hydrogen-bond donors (Lipinski definition) is 3. The smallest absolute Gasteiger partial charge is 0.276 e. The van der Waals surface area contributed by atoms with E-state index in [9.17, 15) is 13.2 Å². The zero-order valence-corrected chi connectivity index (χ0v) is 15.5. The van der Waals surface area contributed by atoms with Gasteiger partial charge < -0.3 is 5.32 Å². The summed E-state index contributed by atoms with van der Waals surface area (Å²) in [5.74, 6) is -0.177. The van der Waals surface area contributed by atoms with Gasteiger partial charge in [-0.1, -0.05) is 13.8 Å². The highest BCUT2D eigenvalue weighted by atomic mass is 32.2. The minimum atomic E-state index is -3.82. The number of anilines is 2. The summed E-state index contributed by atoms with van der Waals surface area (Å²) < 4.78 is 26.9. The molecular weight excluding hydrogens is 368 g/mol. The number of nitrogens with zero attached hydrogens (tertiary/aromatic N) is 3. The molecular formula is C17H18N6O3S. The van der Waals surface area contributed by atoms with E-state index >= 15 is 0 Å². The molecule has 1 amide bonds. The maximum absolute atomic E-state index is 12.3. The summed E-state index contributed by atoms with van der Waals surface area (Å²) in [5.41, 5.74) is 1.57. The van der Waals surface area contributed by atoms with Crippen LogP contribution in [0, 0.1) is 0 Å². The summed E-state index contributed by atoms with van der Waals surface area (Å²) >= 11 is 0. The topological polar surface area (TPSA) is 130 Å². The standard InChI is InChI=1S/C17H18N6O3S/c1-11(2)14-10-15(22-21-14)16(24)20-12-4-6-13(7-5-12)27(25,26)23-17-18-8-3-9-19-17/h3-11H,1-2H3,(H,20,24)(H,21,22)(H,18,19,23). The van der Waals surface area contributed by atoms with Crippen molar-refractivity contribution in [2.24, 2.45) is 0 Å². The van der Waals surface area contributed by atoms with Gasteiger partial charge in [-0.05, 0) is 42.3 Å². The second-order valence-electron chi connectivity index (χ2n) is 6.02. The lowest BCUT2D eigenvalue weighted by Crippen LogP contribution is -2.15. The Morgan fingerprint density at radius 2 is 1.78 bits per heavy atom. The molecule has 3 rings (SSSR count).